The Labute approximate surface area is 123 Å². The van der Waals surface area contributed by atoms with E-state index in [0.717, 1.165) is 15.5 Å². The summed E-state index contributed by atoms with van der Waals surface area (Å²) in [7, 11) is 3.01. The van der Waals surface area contributed by atoms with Gasteiger partial charge in [0.05, 0.1) is 0 Å². The van der Waals surface area contributed by atoms with Crippen molar-refractivity contribution in [3.8, 4) is 11.6 Å². The molecule has 0 spiro atoms. The van der Waals surface area contributed by atoms with Gasteiger partial charge in [-0.3, -0.25) is 13.9 Å². The largest absolute Gasteiger partial charge is 0.453 e. The van der Waals surface area contributed by atoms with Gasteiger partial charge in [-0.1, -0.05) is 18.2 Å². The first-order chi connectivity index (χ1) is 10.6. The Balaban J connectivity index is 2.04. The molecule has 3 heterocycles. The number of benzene rings is 1. The minimum Gasteiger partial charge on any atom is -0.453 e. The van der Waals surface area contributed by atoms with E-state index in [1.807, 2.05) is 30.3 Å². The standard InChI is InChI=1S/C15H12N4O3/c1-18-13-11(14(20)19(2)15(18)21)16-12(17-13)10-7-8-5-3-4-6-9(8)22-10/h3-7H,1-2H3,(H,16,17). The van der Waals surface area contributed by atoms with E-state index in [1.54, 1.807) is 7.05 Å². The van der Waals surface area contributed by atoms with Crippen LogP contribution >= 0.6 is 0 Å². The molecule has 110 valence electrons. The van der Waals surface area contributed by atoms with Gasteiger partial charge in [0.15, 0.2) is 17.2 Å². The molecule has 7 heteroatoms. The molecular weight excluding hydrogens is 284 g/mol. The van der Waals surface area contributed by atoms with Gasteiger partial charge < -0.3 is 9.40 Å². The van der Waals surface area contributed by atoms with Crippen LogP contribution in [-0.4, -0.2) is 19.1 Å². The second-order valence-electron chi connectivity index (χ2n) is 5.14. The third-order valence-corrected chi connectivity index (χ3v) is 3.75. The fraction of sp³-hybridized carbons (Fsp3) is 0.133. The molecule has 1 N–H and O–H groups in total. The first kappa shape index (κ1) is 12.6. The fourth-order valence-electron chi connectivity index (χ4n) is 2.54. The van der Waals surface area contributed by atoms with Crippen LogP contribution in [0.25, 0.3) is 33.7 Å². The summed E-state index contributed by atoms with van der Waals surface area (Å²) in [6.45, 7) is 0. The van der Waals surface area contributed by atoms with Crippen LogP contribution < -0.4 is 11.2 Å². The molecule has 0 fully saturated rings. The Morgan fingerprint density at radius 1 is 1.14 bits per heavy atom. The van der Waals surface area contributed by atoms with Crippen molar-refractivity contribution < 1.29 is 4.42 Å². The normalized spacial score (nSPS) is 11.5. The molecule has 0 saturated carbocycles. The Kier molecular flexibility index (Phi) is 2.41. The quantitative estimate of drug-likeness (QED) is 0.575. The van der Waals surface area contributed by atoms with Gasteiger partial charge >= 0.3 is 5.69 Å². The van der Waals surface area contributed by atoms with Gasteiger partial charge in [0, 0.05) is 19.5 Å². The lowest BCUT2D eigenvalue weighted by Crippen LogP contribution is -2.36. The summed E-state index contributed by atoms with van der Waals surface area (Å²) in [5.74, 6) is 0.941. The second-order valence-corrected chi connectivity index (χ2v) is 5.14. The molecule has 0 radical (unpaired) electrons. The molecule has 0 bridgehead atoms. The number of hydrogen-bond donors (Lipinski definition) is 1. The highest BCUT2D eigenvalue weighted by atomic mass is 16.3. The third-order valence-electron chi connectivity index (χ3n) is 3.75. The average molecular weight is 296 g/mol. The Morgan fingerprint density at radius 3 is 2.68 bits per heavy atom. The van der Waals surface area contributed by atoms with Crippen molar-refractivity contribution in [2.45, 2.75) is 0 Å². The summed E-state index contributed by atoms with van der Waals surface area (Å²) < 4.78 is 8.11. The number of rotatable bonds is 1. The van der Waals surface area contributed by atoms with Crippen molar-refractivity contribution in [3.63, 3.8) is 0 Å². The van der Waals surface area contributed by atoms with Crippen LogP contribution in [0.1, 0.15) is 0 Å². The number of aryl methyl sites for hydroxylation is 1. The lowest BCUT2D eigenvalue weighted by Gasteiger charge is -2.00. The van der Waals surface area contributed by atoms with Crippen molar-refractivity contribution in [2.24, 2.45) is 14.1 Å². The highest BCUT2D eigenvalue weighted by Gasteiger charge is 2.16. The van der Waals surface area contributed by atoms with Crippen LogP contribution in [0.4, 0.5) is 0 Å². The molecule has 0 unspecified atom stereocenters. The van der Waals surface area contributed by atoms with E-state index in [0.29, 0.717) is 17.2 Å². The minimum atomic E-state index is -0.417. The number of furan rings is 1. The summed E-state index contributed by atoms with van der Waals surface area (Å²) in [5.41, 5.74) is 0.497. The summed E-state index contributed by atoms with van der Waals surface area (Å²) >= 11 is 0. The van der Waals surface area contributed by atoms with Crippen LogP contribution in [0.2, 0.25) is 0 Å². The zero-order chi connectivity index (χ0) is 15.4. The lowest BCUT2D eigenvalue weighted by atomic mass is 10.2. The molecule has 0 atom stereocenters. The van der Waals surface area contributed by atoms with Crippen molar-refractivity contribution in [3.05, 3.63) is 51.2 Å². The minimum absolute atomic E-state index is 0.278. The van der Waals surface area contributed by atoms with E-state index in [9.17, 15) is 9.59 Å². The molecule has 1 aromatic carbocycles. The summed E-state index contributed by atoms with van der Waals surface area (Å²) in [6, 6.07) is 9.43. The van der Waals surface area contributed by atoms with Gasteiger partial charge in [-0.2, -0.15) is 0 Å². The maximum Gasteiger partial charge on any atom is 0.332 e. The molecular formula is C15H12N4O3. The maximum atomic E-state index is 12.2. The number of nitrogens with zero attached hydrogens (tertiary/aromatic N) is 3. The highest BCUT2D eigenvalue weighted by molar-refractivity contribution is 5.83. The summed E-state index contributed by atoms with van der Waals surface area (Å²) in [6.07, 6.45) is 0. The molecule has 4 aromatic rings. The Morgan fingerprint density at radius 2 is 1.91 bits per heavy atom. The molecule has 0 aliphatic rings. The zero-order valence-corrected chi connectivity index (χ0v) is 12.0. The van der Waals surface area contributed by atoms with Crippen LogP contribution in [0, 0.1) is 0 Å². The first-order valence-corrected chi connectivity index (χ1v) is 6.71. The fourth-order valence-corrected chi connectivity index (χ4v) is 2.54. The third kappa shape index (κ3) is 1.59. The number of imidazole rings is 1. The van der Waals surface area contributed by atoms with E-state index in [2.05, 4.69) is 9.97 Å². The molecule has 0 saturated heterocycles. The van der Waals surface area contributed by atoms with Crippen molar-refractivity contribution in [1.82, 2.24) is 19.1 Å². The predicted molar refractivity (Wildman–Crippen MR) is 81.8 cm³/mol. The monoisotopic (exact) mass is 296 g/mol. The van der Waals surface area contributed by atoms with E-state index in [1.165, 1.54) is 11.6 Å². The molecule has 4 rings (SSSR count). The number of hydrogen-bond acceptors (Lipinski definition) is 4. The molecule has 0 amide bonds. The number of aromatic amines is 1. The number of H-pyrrole nitrogens is 1. The number of para-hydroxylation sites is 1. The van der Waals surface area contributed by atoms with Gasteiger partial charge in [0.25, 0.3) is 5.56 Å². The molecule has 0 aliphatic carbocycles. The first-order valence-electron chi connectivity index (χ1n) is 6.71. The SMILES string of the molecule is Cn1c(=O)c2[nH]c(-c3cc4ccccc4o3)nc2n(C)c1=O. The van der Waals surface area contributed by atoms with Gasteiger partial charge in [0.1, 0.15) is 11.1 Å². The average Bonchev–Trinajstić information content (AvgIpc) is 3.14. The van der Waals surface area contributed by atoms with Crippen LogP contribution in [0.3, 0.4) is 0 Å². The molecule has 0 aliphatic heterocycles. The number of aromatic nitrogens is 4. The van der Waals surface area contributed by atoms with E-state index >= 15 is 0 Å². The Bertz CT molecular complexity index is 1110. The van der Waals surface area contributed by atoms with Crippen LogP contribution in [0.5, 0.6) is 0 Å². The van der Waals surface area contributed by atoms with Crippen molar-refractivity contribution in [2.75, 3.05) is 0 Å². The maximum absolute atomic E-state index is 12.2. The second kappa shape index (κ2) is 4.20. The number of fused-ring (bicyclic) bond motifs is 2. The van der Waals surface area contributed by atoms with Crippen LogP contribution in [0.15, 0.2) is 44.3 Å². The van der Waals surface area contributed by atoms with E-state index < -0.39 is 11.2 Å². The van der Waals surface area contributed by atoms with Crippen LogP contribution in [-0.2, 0) is 14.1 Å². The van der Waals surface area contributed by atoms with E-state index in [-0.39, 0.29) is 5.52 Å². The molecule has 3 aromatic heterocycles. The summed E-state index contributed by atoms with van der Waals surface area (Å²) in [5, 5.41) is 0.944. The molecule has 7 nitrogen and oxygen atoms in total. The topological polar surface area (TPSA) is 85.8 Å². The van der Waals surface area contributed by atoms with E-state index in [4.69, 9.17) is 4.42 Å². The predicted octanol–water partition coefficient (Wildman–Crippen LogP) is 1.37. The lowest BCUT2D eigenvalue weighted by molar-refractivity contribution is 0.626. The van der Waals surface area contributed by atoms with Gasteiger partial charge in [0.2, 0.25) is 0 Å². The van der Waals surface area contributed by atoms with Gasteiger partial charge in [-0.25, -0.2) is 9.78 Å². The highest BCUT2D eigenvalue weighted by Crippen LogP contribution is 2.26. The van der Waals surface area contributed by atoms with Gasteiger partial charge in [-0.05, 0) is 12.1 Å². The van der Waals surface area contributed by atoms with Crippen molar-refractivity contribution >= 4 is 22.1 Å². The van der Waals surface area contributed by atoms with Gasteiger partial charge in [-0.15, -0.1) is 0 Å². The number of nitrogens with one attached hydrogen (secondary N) is 1. The summed E-state index contributed by atoms with van der Waals surface area (Å²) in [4.78, 5) is 31.4. The molecule has 22 heavy (non-hydrogen) atoms. The van der Waals surface area contributed by atoms with Crippen molar-refractivity contribution in [1.29, 1.82) is 0 Å². The smallest absolute Gasteiger partial charge is 0.332 e. The zero-order valence-electron chi connectivity index (χ0n) is 12.0. The Hall–Kier alpha value is -3.09.